The van der Waals surface area contributed by atoms with E-state index in [-0.39, 0.29) is 17.5 Å². The second-order valence-corrected chi connectivity index (χ2v) is 4.48. The Morgan fingerprint density at radius 2 is 2.21 bits per heavy atom. The minimum Gasteiger partial charge on any atom is -0.305 e. The molecule has 0 unspecified atom stereocenters. The van der Waals surface area contributed by atoms with Crippen LogP contribution in [0.2, 0.25) is 10.0 Å². The summed E-state index contributed by atoms with van der Waals surface area (Å²) in [6.45, 7) is 0.123. The second kappa shape index (κ2) is 5.74. The van der Waals surface area contributed by atoms with E-state index >= 15 is 0 Å². The van der Waals surface area contributed by atoms with Crippen LogP contribution in [0.3, 0.4) is 0 Å². The monoisotopic (exact) mass is 294 g/mol. The van der Waals surface area contributed by atoms with Gasteiger partial charge in [-0.15, -0.1) is 0 Å². The minimum atomic E-state index is -0.385. The van der Waals surface area contributed by atoms with Gasteiger partial charge in [0, 0.05) is 17.3 Å². The van der Waals surface area contributed by atoms with Crippen molar-refractivity contribution in [2.75, 3.05) is 5.32 Å². The summed E-state index contributed by atoms with van der Waals surface area (Å²) >= 11 is 11.7. The Morgan fingerprint density at radius 1 is 1.42 bits per heavy atom. The maximum absolute atomic E-state index is 12.0. The lowest BCUT2D eigenvalue weighted by atomic mass is 10.2. The highest BCUT2D eigenvalue weighted by atomic mass is 35.5. The number of aromatic nitrogens is 2. The van der Waals surface area contributed by atoms with E-state index in [2.05, 4.69) is 10.4 Å². The molecule has 1 aromatic carbocycles. The molecule has 1 aromatic heterocycles. The lowest BCUT2D eigenvalue weighted by Gasteiger charge is -2.04. The van der Waals surface area contributed by atoms with E-state index in [0.29, 0.717) is 16.4 Å². The first kappa shape index (κ1) is 13.4. The van der Waals surface area contributed by atoms with Crippen molar-refractivity contribution in [3.05, 3.63) is 46.1 Å². The lowest BCUT2D eigenvalue weighted by molar-refractivity contribution is 0.102. The van der Waals surface area contributed by atoms with Crippen molar-refractivity contribution in [3.63, 3.8) is 0 Å². The van der Waals surface area contributed by atoms with Gasteiger partial charge in [-0.3, -0.25) is 9.48 Å². The fourth-order valence-corrected chi connectivity index (χ4v) is 1.94. The molecule has 0 fully saturated rings. The average Bonchev–Trinajstić information content (AvgIpc) is 2.76. The van der Waals surface area contributed by atoms with Crippen molar-refractivity contribution in [2.24, 2.45) is 0 Å². The molecule has 1 heterocycles. The zero-order valence-electron chi connectivity index (χ0n) is 9.60. The summed E-state index contributed by atoms with van der Waals surface area (Å²) in [5.74, 6) is -0.0323. The Hall–Kier alpha value is -2.03. The summed E-state index contributed by atoms with van der Waals surface area (Å²) in [5.41, 5.74) is 0.306. The molecule has 1 amide bonds. The molecule has 5 nitrogen and oxygen atoms in total. The zero-order valence-corrected chi connectivity index (χ0v) is 11.1. The van der Waals surface area contributed by atoms with Gasteiger partial charge in [-0.25, -0.2) is 0 Å². The van der Waals surface area contributed by atoms with E-state index in [4.69, 9.17) is 28.5 Å². The number of carbonyl (C=O) groups excluding carboxylic acids is 1. The first-order valence-electron chi connectivity index (χ1n) is 5.27. The summed E-state index contributed by atoms with van der Waals surface area (Å²) in [4.78, 5) is 12.0. The first-order valence-corrected chi connectivity index (χ1v) is 6.02. The molecule has 2 rings (SSSR count). The smallest absolute Gasteiger partial charge is 0.258 e. The molecule has 0 bridgehead atoms. The van der Waals surface area contributed by atoms with Gasteiger partial charge in [-0.05, 0) is 18.2 Å². The lowest BCUT2D eigenvalue weighted by Crippen LogP contribution is -2.13. The number of nitrogens with one attached hydrogen (secondary N) is 1. The van der Waals surface area contributed by atoms with Crippen LogP contribution in [0.15, 0.2) is 30.5 Å². The number of rotatable bonds is 3. The van der Waals surface area contributed by atoms with Gasteiger partial charge in [0.2, 0.25) is 0 Å². The molecule has 0 aliphatic rings. The summed E-state index contributed by atoms with van der Waals surface area (Å²) in [6.07, 6.45) is 1.60. The predicted molar refractivity (Wildman–Crippen MR) is 72.3 cm³/mol. The normalized spacial score (nSPS) is 9.95. The summed E-state index contributed by atoms with van der Waals surface area (Å²) in [6, 6.07) is 8.15. The summed E-state index contributed by atoms with van der Waals surface area (Å²) in [5, 5.41) is 15.8. The van der Waals surface area contributed by atoms with E-state index < -0.39 is 0 Å². The van der Waals surface area contributed by atoms with Crippen LogP contribution in [0, 0.1) is 11.3 Å². The van der Waals surface area contributed by atoms with Crippen molar-refractivity contribution in [2.45, 2.75) is 6.54 Å². The van der Waals surface area contributed by atoms with E-state index in [9.17, 15) is 4.79 Å². The number of amides is 1. The highest BCUT2D eigenvalue weighted by Crippen LogP contribution is 2.21. The second-order valence-electron chi connectivity index (χ2n) is 3.63. The van der Waals surface area contributed by atoms with Crippen LogP contribution in [0.4, 0.5) is 5.82 Å². The predicted octanol–water partition coefficient (Wildman–Crippen LogP) is 2.97. The van der Waals surface area contributed by atoms with Crippen LogP contribution in [0.1, 0.15) is 10.4 Å². The zero-order chi connectivity index (χ0) is 13.8. The Bertz CT molecular complexity index is 660. The molecule has 0 spiro atoms. The van der Waals surface area contributed by atoms with Crippen LogP contribution < -0.4 is 5.32 Å². The van der Waals surface area contributed by atoms with Gasteiger partial charge in [0.1, 0.15) is 6.54 Å². The number of nitrogens with zero attached hydrogens (tertiary/aromatic N) is 3. The molecule has 2 aromatic rings. The molecule has 0 aliphatic heterocycles. The van der Waals surface area contributed by atoms with Crippen molar-refractivity contribution >= 4 is 34.9 Å². The van der Waals surface area contributed by atoms with Crippen molar-refractivity contribution in [3.8, 4) is 6.07 Å². The molecule has 0 saturated heterocycles. The number of hydrogen-bond donors (Lipinski definition) is 1. The van der Waals surface area contributed by atoms with Crippen molar-refractivity contribution in [1.82, 2.24) is 9.78 Å². The maximum atomic E-state index is 12.0. The molecule has 0 aliphatic carbocycles. The number of carbonyl (C=O) groups is 1. The van der Waals surface area contributed by atoms with E-state index in [0.717, 1.165) is 0 Å². The third kappa shape index (κ3) is 3.25. The van der Waals surface area contributed by atoms with Gasteiger partial charge in [0.05, 0.1) is 16.7 Å². The van der Waals surface area contributed by atoms with E-state index in [1.165, 1.54) is 16.8 Å². The SMILES string of the molecule is N#CCn1ccc(NC(=O)c2ccc(Cl)cc2Cl)n1. The molecule has 1 N–H and O–H groups in total. The highest BCUT2D eigenvalue weighted by Gasteiger charge is 2.12. The maximum Gasteiger partial charge on any atom is 0.258 e. The fourth-order valence-electron chi connectivity index (χ4n) is 1.45. The minimum absolute atomic E-state index is 0.123. The molecule has 0 saturated carbocycles. The third-order valence-electron chi connectivity index (χ3n) is 2.29. The third-order valence-corrected chi connectivity index (χ3v) is 2.84. The molecule has 0 radical (unpaired) electrons. The number of benzene rings is 1. The number of halogens is 2. The largest absolute Gasteiger partial charge is 0.305 e. The topological polar surface area (TPSA) is 70.7 Å². The summed E-state index contributed by atoms with van der Waals surface area (Å²) in [7, 11) is 0. The van der Waals surface area contributed by atoms with Crippen molar-refractivity contribution < 1.29 is 4.79 Å². The number of anilines is 1. The molecule has 0 atom stereocenters. The average molecular weight is 295 g/mol. The van der Waals surface area contributed by atoms with Gasteiger partial charge >= 0.3 is 0 Å². The van der Waals surface area contributed by atoms with Gasteiger partial charge in [0.15, 0.2) is 5.82 Å². The molecule has 7 heteroatoms. The van der Waals surface area contributed by atoms with Crippen molar-refractivity contribution in [1.29, 1.82) is 5.26 Å². The van der Waals surface area contributed by atoms with Gasteiger partial charge in [0.25, 0.3) is 5.91 Å². The van der Waals surface area contributed by atoms with Crippen LogP contribution in [-0.2, 0) is 6.54 Å². The Balaban J connectivity index is 2.14. The van der Waals surface area contributed by atoms with Gasteiger partial charge in [-0.1, -0.05) is 23.2 Å². The number of nitriles is 1. The molecular weight excluding hydrogens is 287 g/mol. The quantitative estimate of drug-likeness (QED) is 0.946. The Kier molecular flexibility index (Phi) is 4.05. The fraction of sp³-hybridized carbons (Fsp3) is 0.0833. The van der Waals surface area contributed by atoms with Crippen LogP contribution in [0.5, 0.6) is 0 Å². The van der Waals surface area contributed by atoms with Crippen LogP contribution >= 0.6 is 23.2 Å². The number of hydrogen-bond acceptors (Lipinski definition) is 3. The van der Waals surface area contributed by atoms with Crippen LogP contribution in [0.25, 0.3) is 0 Å². The van der Waals surface area contributed by atoms with Gasteiger partial charge < -0.3 is 5.32 Å². The molecule has 96 valence electrons. The molecular formula is C12H8Cl2N4O. The Labute approximate surface area is 119 Å². The molecule has 19 heavy (non-hydrogen) atoms. The summed E-state index contributed by atoms with van der Waals surface area (Å²) < 4.78 is 1.42. The Morgan fingerprint density at radius 3 is 2.89 bits per heavy atom. The van der Waals surface area contributed by atoms with E-state index in [1.54, 1.807) is 18.3 Å². The van der Waals surface area contributed by atoms with Crippen LogP contribution in [-0.4, -0.2) is 15.7 Å². The first-order chi connectivity index (χ1) is 9.10. The highest BCUT2D eigenvalue weighted by molar-refractivity contribution is 6.37. The van der Waals surface area contributed by atoms with E-state index in [1.807, 2.05) is 6.07 Å². The van der Waals surface area contributed by atoms with Gasteiger partial charge in [-0.2, -0.15) is 10.4 Å². The standard InChI is InChI=1S/C12H8Cl2N4O/c13-8-1-2-9(10(14)7-8)12(19)16-11-3-5-18(17-11)6-4-15/h1-3,5,7H,6H2,(H,16,17,19).